The van der Waals surface area contributed by atoms with Crippen LogP contribution in [-0.2, 0) is 4.74 Å². The summed E-state index contributed by atoms with van der Waals surface area (Å²) in [5.41, 5.74) is 1.06. The van der Waals surface area contributed by atoms with Gasteiger partial charge >= 0.3 is 0 Å². The van der Waals surface area contributed by atoms with Gasteiger partial charge in [0.1, 0.15) is 12.1 Å². The fourth-order valence-electron chi connectivity index (χ4n) is 2.87. The summed E-state index contributed by atoms with van der Waals surface area (Å²) in [7, 11) is 0. The van der Waals surface area contributed by atoms with Crippen molar-refractivity contribution in [3.63, 3.8) is 0 Å². The summed E-state index contributed by atoms with van der Waals surface area (Å²) in [4.78, 5) is 13.7. The molecule has 2 aliphatic rings. The van der Waals surface area contributed by atoms with Crippen LogP contribution in [0.15, 0.2) is 12.4 Å². The maximum Gasteiger partial charge on any atom is 0.150 e. The van der Waals surface area contributed by atoms with Crippen molar-refractivity contribution in [2.45, 2.75) is 0 Å². The van der Waals surface area contributed by atoms with Crippen LogP contribution in [0.25, 0.3) is 10.2 Å². The molecular weight excluding hydrogens is 286 g/mol. The van der Waals surface area contributed by atoms with Crippen LogP contribution >= 0.6 is 11.3 Å². The summed E-state index contributed by atoms with van der Waals surface area (Å²) in [6, 6.07) is 2.19. The normalized spacial score (nSPS) is 20.2. The van der Waals surface area contributed by atoms with Gasteiger partial charge in [-0.3, -0.25) is 0 Å². The minimum absolute atomic E-state index is 0.810. The summed E-state index contributed by atoms with van der Waals surface area (Å²) in [6.07, 6.45) is 1.69. The maximum absolute atomic E-state index is 5.43. The van der Waals surface area contributed by atoms with Gasteiger partial charge in [-0.15, -0.1) is 11.3 Å². The van der Waals surface area contributed by atoms with E-state index in [2.05, 4.69) is 31.2 Å². The average molecular weight is 305 g/mol. The van der Waals surface area contributed by atoms with E-state index in [1.54, 1.807) is 6.33 Å². The number of rotatable bonds is 2. The van der Waals surface area contributed by atoms with Gasteiger partial charge in [0.2, 0.25) is 0 Å². The van der Waals surface area contributed by atoms with Gasteiger partial charge in [0.15, 0.2) is 0 Å². The molecule has 2 aliphatic heterocycles. The first-order valence-electron chi connectivity index (χ1n) is 7.45. The Balaban J connectivity index is 1.69. The molecule has 112 valence electrons. The third-order valence-corrected chi connectivity index (χ3v) is 5.20. The van der Waals surface area contributed by atoms with Crippen LogP contribution in [0.2, 0.25) is 0 Å². The predicted molar refractivity (Wildman–Crippen MR) is 85.5 cm³/mol. The van der Waals surface area contributed by atoms with Crippen LogP contribution in [-0.4, -0.2) is 62.5 Å². The van der Waals surface area contributed by atoms with E-state index >= 15 is 0 Å². The van der Waals surface area contributed by atoms with E-state index in [4.69, 9.17) is 4.74 Å². The second-order valence-electron chi connectivity index (χ2n) is 5.33. The number of anilines is 2. The maximum atomic E-state index is 5.43. The lowest BCUT2D eigenvalue weighted by atomic mass is 10.3. The van der Waals surface area contributed by atoms with Crippen molar-refractivity contribution in [2.75, 3.05) is 62.3 Å². The highest BCUT2D eigenvalue weighted by Gasteiger charge is 2.19. The number of piperazine rings is 1. The van der Waals surface area contributed by atoms with E-state index in [1.165, 1.54) is 9.70 Å². The highest BCUT2D eigenvalue weighted by molar-refractivity contribution is 7.23. The highest BCUT2D eigenvalue weighted by atomic mass is 32.1. The summed E-state index contributed by atoms with van der Waals surface area (Å²) >= 11 is 1.81. The largest absolute Gasteiger partial charge is 0.378 e. The van der Waals surface area contributed by atoms with Gasteiger partial charge in [-0.25, -0.2) is 9.97 Å². The van der Waals surface area contributed by atoms with Crippen molar-refractivity contribution < 1.29 is 4.74 Å². The number of nitrogens with one attached hydrogen (secondary N) is 1. The van der Waals surface area contributed by atoms with Crippen molar-refractivity contribution in [3.05, 3.63) is 12.4 Å². The number of morpholine rings is 1. The molecule has 2 saturated heterocycles. The van der Waals surface area contributed by atoms with Crippen LogP contribution in [0.1, 0.15) is 0 Å². The Morgan fingerprint density at radius 1 is 1.05 bits per heavy atom. The van der Waals surface area contributed by atoms with E-state index < -0.39 is 0 Å². The monoisotopic (exact) mass is 305 g/mol. The van der Waals surface area contributed by atoms with Gasteiger partial charge in [-0.2, -0.15) is 0 Å². The molecule has 0 unspecified atom stereocenters. The summed E-state index contributed by atoms with van der Waals surface area (Å²) < 4.78 is 6.64. The van der Waals surface area contributed by atoms with E-state index in [9.17, 15) is 0 Å². The quantitative estimate of drug-likeness (QED) is 0.891. The Labute approximate surface area is 127 Å². The molecule has 7 heteroatoms. The number of hydrogen-bond donors (Lipinski definition) is 1. The molecule has 0 amide bonds. The molecule has 2 aromatic rings. The minimum Gasteiger partial charge on any atom is -0.378 e. The van der Waals surface area contributed by atoms with E-state index in [1.807, 2.05) is 11.3 Å². The van der Waals surface area contributed by atoms with Gasteiger partial charge < -0.3 is 19.9 Å². The van der Waals surface area contributed by atoms with Crippen LogP contribution in [0.5, 0.6) is 0 Å². The van der Waals surface area contributed by atoms with E-state index in [-0.39, 0.29) is 0 Å². The van der Waals surface area contributed by atoms with Crippen LogP contribution in [0.4, 0.5) is 10.8 Å². The number of thiophene rings is 1. The zero-order valence-corrected chi connectivity index (χ0v) is 12.7. The molecule has 1 N–H and O–H groups in total. The molecule has 0 aromatic carbocycles. The second-order valence-corrected chi connectivity index (χ2v) is 6.36. The SMILES string of the molecule is c1nc(N2CCNCC2)c2sc(N3CCOCC3)cc2n1. The fraction of sp³-hybridized carbons (Fsp3) is 0.571. The van der Waals surface area contributed by atoms with Crippen LogP contribution in [0, 0.1) is 0 Å². The lowest BCUT2D eigenvalue weighted by Crippen LogP contribution is -2.43. The van der Waals surface area contributed by atoms with E-state index in [0.29, 0.717) is 0 Å². The first-order chi connectivity index (χ1) is 10.4. The van der Waals surface area contributed by atoms with Gasteiger partial charge in [0.05, 0.1) is 28.4 Å². The Hall–Kier alpha value is -1.44. The van der Waals surface area contributed by atoms with Crippen molar-refractivity contribution in [1.82, 2.24) is 15.3 Å². The molecule has 21 heavy (non-hydrogen) atoms. The molecule has 0 aliphatic carbocycles. The molecular formula is C14H19N5OS. The Morgan fingerprint density at radius 2 is 1.86 bits per heavy atom. The molecule has 0 saturated carbocycles. The molecule has 4 heterocycles. The average Bonchev–Trinajstić information content (AvgIpc) is 3.00. The Morgan fingerprint density at radius 3 is 2.67 bits per heavy atom. The standard InChI is InChI=1S/C14H19N5OS/c1-3-19(4-2-15-1)14-13-11(16-10-17-14)9-12(21-13)18-5-7-20-8-6-18/h9-10,15H,1-8H2. The molecule has 0 atom stereocenters. The zero-order chi connectivity index (χ0) is 14.1. The molecule has 2 fully saturated rings. The summed E-state index contributed by atoms with van der Waals surface area (Å²) in [5.74, 6) is 1.09. The summed E-state index contributed by atoms with van der Waals surface area (Å²) in [5, 5.41) is 4.67. The van der Waals surface area contributed by atoms with Gasteiger partial charge in [0.25, 0.3) is 0 Å². The van der Waals surface area contributed by atoms with Gasteiger partial charge in [-0.05, 0) is 6.07 Å². The first kappa shape index (κ1) is 13.2. The van der Waals surface area contributed by atoms with Crippen molar-refractivity contribution >= 4 is 32.4 Å². The number of aromatic nitrogens is 2. The fourth-order valence-corrected chi connectivity index (χ4v) is 4.05. The van der Waals surface area contributed by atoms with Crippen molar-refractivity contribution in [1.29, 1.82) is 0 Å². The Bertz CT molecular complexity index is 619. The van der Waals surface area contributed by atoms with Crippen LogP contribution in [0.3, 0.4) is 0 Å². The van der Waals surface area contributed by atoms with Crippen molar-refractivity contribution in [3.8, 4) is 0 Å². The van der Waals surface area contributed by atoms with Crippen molar-refractivity contribution in [2.24, 2.45) is 0 Å². The second kappa shape index (κ2) is 5.75. The van der Waals surface area contributed by atoms with Gasteiger partial charge in [0, 0.05) is 39.3 Å². The zero-order valence-electron chi connectivity index (χ0n) is 11.9. The number of fused-ring (bicyclic) bond motifs is 1. The third-order valence-electron chi connectivity index (χ3n) is 4.02. The predicted octanol–water partition coefficient (Wildman–Crippen LogP) is 0.937. The first-order valence-corrected chi connectivity index (χ1v) is 8.26. The van der Waals surface area contributed by atoms with E-state index in [0.717, 1.165) is 63.8 Å². The van der Waals surface area contributed by atoms with Gasteiger partial charge in [-0.1, -0.05) is 0 Å². The minimum atomic E-state index is 0.810. The number of nitrogens with zero attached hydrogens (tertiary/aromatic N) is 4. The summed E-state index contributed by atoms with van der Waals surface area (Å²) in [6.45, 7) is 7.61. The lowest BCUT2D eigenvalue weighted by Gasteiger charge is -2.28. The molecule has 0 spiro atoms. The van der Waals surface area contributed by atoms with Crippen LogP contribution < -0.4 is 15.1 Å². The molecule has 4 rings (SSSR count). The smallest absolute Gasteiger partial charge is 0.150 e. The highest BCUT2D eigenvalue weighted by Crippen LogP contribution is 2.36. The number of ether oxygens (including phenoxy) is 1. The Kier molecular flexibility index (Phi) is 3.62. The molecule has 2 aromatic heterocycles. The molecule has 6 nitrogen and oxygen atoms in total. The topological polar surface area (TPSA) is 53.5 Å². The molecule has 0 radical (unpaired) electrons. The third kappa shape index (κ3) is 2.56. The number of hydrogen-bond acceptors (Lipinski definition) is 7. The molecule has 0 bridgehead atoms. The lowest BCUT2D eigenvalue weighted by molar-refractivity contribution is 0.123.